The number of aliphatic hydroxyl groups excluding tert-OH is 1. The van der Waals surface area contributed by atoms with E-state index in [1.165, 1.54) is 25.8 Å². The summed E-state index contributed by atoms with van der Waals surface area (Å²) in [7, 11) is 0. The van der Waals surface area contributed by atoms with Crippen LogP contribution in [-0.4, -0.2) is 54.8 Å². The van der Waals surface area contributed by atoms with E-state index in [4.69, 9.17) is 4.74 Å². The number of fused-ring (bicyclic) bond motifs is 1. The lowest BCUT2D eigenvalue weighted by Gasteiger charge is -2.29. The van der Waals surface area contributed by atoms with Crippen LogP contribution in [-0.2, 0) is 0 Å². The molecule has 2 fully saturated rings. The van der Waals surface area contributed by atoms with Crippen molar-refractivity contribution >= 4 is 16.7 Å². The van der Waals surface area contributed by atoms with E-state index >= 15 is 0 Å². The van der Waals surface area contributed by atoms with Gasteiger partial charge in [-0.2, -0.15) is 0 Å². The van der Waals surface area contributed by atoms with Crippen LogP contribution in [0.2, 0.25) is 0 Å². The second-order valence-corrected chi connectivity index (χ2v) is 8.45. The van der Waals surface area contributed by atoms with Crippen LogP contribution in [0.15, 0.2) is 36.4 Å². The molecule has 2 saturated heterocycles. The van der Waals surface area contributed by atoms with Crippen molar-refractivity contribution in [2.75, 3.05) is 32.8 Å². The lowest BCUT2D eigenvalue weighted by molar-refractivity contribution is 0.0546. The summed E-state index contributed by atoms with van der Waals surface area (Å²) in [6, 6.07) is 11.9. The molecule has 2 aliphatic rings. The average molecular weight is 397 g/mol. The molecule has 2 heterocycles. The number of hydrogen-bond acceptors (Lipinski definition) is 4. The summed E-state index contributed by atoms with van der Waals surface area (Å²) >= 11 is 0. The van der Waals surface area contributed by atoms with Crippen LogP contribution in [0, 0.1) is 5.92 Å². The van der Waals surface area contributed by atoms with Gasteiger partial charge in [0.15, 0.2) is 0 Å². The van der Waals surface area contributed by atoms with Crippen molar-refractivity contribution < 1.29 is 14.6 Å². The van der Waals surface area contributed by atoms with Gasteiger partial charge in [0.2, 0.25) is 0 Å². The third kappa shape index (κ3) is 5.28. The largest absolute Gasteiger partial charge is 0.494 e. The fraction of sp³-hybridized carbons (Fsp3) is 0.542. The summed E-state index contributed by atoms with van der Waals surface area (Å²) in [5.74, 6) is 1.74. The Balaban J connectivity index is 1.32. The number of benzene rings is 2. The Hall–Kier alpha value is -2.11. The molecule has 0 aliphatic carbocycles. The van der Waals surface area contributed by atoms with Crippen molar-refractivity contribution in [2.45, 2.75) is 44.6 Å². The highest BCUT2D eigenvalue weighted by atomic mass is 16.5. The van der Waals surface area contributed by atoms with Crippen LogP contribution in [0.3, 0.4) is 0 Å². The first-order chi connectivity index (χ1) is 14.2. The van der Waals surface area contributed by atoms with Crippen molar-refractivity contribution in [3.05, 3.63) is 42.0 Å². The molecule has 1 amide bonds. The summed E-state index contributed by atoms with van der Waals surface area (Å²) in [5.41, 5.74) is 0.712. The van der Waals surface area contributed by atoms with Crippen LogP contribution in [0.1, 0.15) is 48.9 Å². The Morgan fingerprint density at radius 3 is 2.69 bits per heavy atom. The van der Waals surface area contributed by atoms with Crippen LogP contribution >= 0.6 is 0 Å². The third-order valence-corrected chi connectivity index (χ3v) is 6.23. The van der Waals surface area contributed by atoms with E-state index in [1.807, 2.05) is 35.2 Å². The fourth-order valence-electron chi connectivity index (χ4n) is 4.43. The van der Waals surface area contributed by atoms with Crippen molar-refractivity contribution in [1.82, 2.24) is 10.2 Å². The zero-order valence-electron chi connectivity index (χ0n) is 17.1. The van der Waals surface area contributed by atoms with E-state index < -0.39 is 0 Å². The minimum absolute atomic E-state index is 0.0522. The molecule has 2 aliphatic heterocycles. The van der Waals surface area contributed by atoms with Crippen LogP contribution in [0.4, 0.5) is 0 Å². The highest BCUT2D eigenvalue weighted by Crippen LogP contribution is 2.24. The number of ether oxygens (including phenoxy) is 1. The summed E-state index contributed by atoms with van der Waals surface area (Å²) in [4.78, 5) is 14.6. The molecule has 2 aromatic carbocycles. The van der Waals surface area contributed by atoms with Gasteiger partial charge < -0.3 is 20.1 Å². The lowest BCUT2D eigenvalue weighted by atomic mass is 9.95. The number of nitrogens with one attached hydrogen (secondary N) is 1. The molecular weight excluding hydrogens is 364 g/mol. The molecule has 156 valence electrons. The van der Waals surface area contributed by atoms with E-state index in [1.54, 1.807) is 0 Å². The first-order valence-electron chi connectivity index (χ1n) is 11.0. The summed E-state index contributed by atoms with van der Waals surface area (Å²) < 4.78 is 5.97. The maximum atomic E-state index is 12.7. The number of piperidine rings is 2. The van der Waals surface area contributed by atoms with Crippen LogP contribution < -0.4 is 10.1 Å². The minimum atomic E-state index is -0.270. The van der Waals surface area contributed by atoms with E-state index in [0.717, 1.165) is 42.0 Å². The van der Waals surface area contributed by atoms with Crippen molar-refractivity contribution in [2.24, 2.45) is 5.92 Å². The fourth-order valence-corrected chi connectivity index (χ4v) is 4.43. The van der Waals surface area contributed by atoms with Gasteiger partial charge in [0, 0.05) is 18.7 Å². The Bertz CT molecular complexity index is 824. The predicted molar refractivity (Wildman–Crippen MR) is 115 cm³/mol. The molecule has 1 unspecified atom stereocenters. The van der Waals surface area contributed by atoms with E-state index in [0.29, 0.717) is 31.5 Å². The molecule has 1 atom stereocenters. The molecule has 4 rings (SSSR count). The second kappa shape index (κ2) is 9.59. The Morgan fingerprint density at radius 2 is 1.90 bits per heavy atom. The standard InChI is InChI=1S/C24H32N2O3/c27-22-9-12-26(13-10-22)24(28)21-6-5-20-16-23(8-7-19(20)15-21)29-14-2-4-18-3-1-11-25-17-18/h5-8,15-16,18,22,25,27H,1-4,9-14,17H2. The second-order valence-electron chi connectivity index (χ2n) is 8.45. The van der Waals surface area contributed by atoms with E-state index in [9.17, 15) is 9.90 Å². The number of carbonyl (C=O) groups is 1. The summed E-state index contributed by atoms with van der Waals surface area (Å²) in [6.45, 7) is 4.32. The Kier molecular flexibility index (Phi) is 6.67. The maximum absolute atomic E-state index is 12.7. The number of nitrogens with zero attached hydrogens (tertiary/aromatic N) is 1. The third-order valence-electron chi connectivity index (χ3n) is 6.23. The molecule has 0 radical (unpaired) electrons. The first-order valence-corrected chi connectivity index (χ1v) is 11.0. The number of likely N-dealkylation sites (tertiary alicyclic amines) is 1. The van der Waals surface area contributed by atoms with Crippen LogP contribution in [0.5, 0.6) is 5.75 Å². The summed E-state index contributed by atoms with van der Waals surface area (Å²) in [5, 5.41) is 15.2. The number of hydrogen-bond donors (Lipinski definition) is 2. The highest BCUT2D eigenvalue weighted by molar-refractivity contribution is 5.98. The van der Waals surface area contributed by atoms with Crippen molar-refractivity contribution in [3.63, 3.8) is 0 Å². The number of aliphatic hydroxyl groups is 1. The number of amides is 1. The SMILES string of the molecule is O=C(c1ccc2cc(OCCCC3CCCNC3)ccc2c1)N1CCC(O)CC1. The van der Waals surface area contributed by atoms with Gasteiger partial charge in [-0.15, -0.1) is 0 Å². The quantitative estimate of drug-likeness (QED) is 0.733. The minimum Gasteiger partial charge on any atom is -0.494 e. The Morgan fingerprint density at radius 1 is 1.10 bits per heavy atom. The predicted octanol–water partition coefficient (Wildman–Crippen LogP) is 3.60. The number of carbonyl (C=O) groups excluding carboxylic acids is 1. The Labute approximate surface area is 173 Å². The zero-order valence-corrected chi connectivity index (χ0v) is 17.1. The molecule has 29 heavy (non-hydrogen) atoms. The van der Waals surface area contributed by atoms with Gasteiger partial charge in [-0.05, 0) is 92.6 Å². The first kappa shape index (κ1) is 20.2. The van der Waals surface area contributed by atoms with Gasteiger partial charge >= 0.3 is 0 Å². The molecule has 5 heteroatoms. The average Bonchev–Trinajstić information content (AvgIpc) is 2.77. The maximum Gasteiger partial charge on any atom is 0.253 e. The molecule has 0 bridgehead atoms. The molecule has 0 aromatic heterocycles. The van der Waals surface area contributed by atoms with Gasteiger partial charge in [0.25, 0.3) is 5.91 Å². The van der Waals surface area contributed by atoms with Gasteiger partial charge in [-0.1, -0.05) is 12.1 Å². The molecule has 0 spiro atoms. The smallest absolute Gasteiger partial charge is 0.253 e. The van der Waals surface area contributed by atoms with Crippen molar-refractivity contribution in [3.8, 4) is 5.75 Å². The monoisotopic (exact) mass is 396 g/mol. The topological polar surface area (TPSA) is 61.8 Å². The number of rotatable bonds is 6. The molecule has 2 aromatic rings. The molecule has 2 N–H and O–H groups in total. The molecular formula is C24H32N2O3. The van der Waals surface area contributed by atoms with Gasteiger partial charge in [0.1, 0.15) is 5.75 Å². The van der Waals surface area contributed by atoms with E-state index in [2.05, 4.69) is 11.4 Å². The van der Waals surface area contributed by atoms with Crippen molar-refractivity contribution in [1.29, 1.82) is 0 Å². The van der Waals surface area contributed by atoms with Crippen LogP contribution in [0.25, 0.3) is 10.8 Å². The normalized spacial score (nSPS) is 20.7. The summed E-state index contributed by atoms with van der Waals surface area (Å²) in [6.07, 6.45) is 5.99. The lowest BCUT2D eigenvalue weighted by Crippen LogP contribution is -2.40. The molecule has 0 saturated carbocycles. The van der Waals surface area contributed by atoms with Gasteiger partial charge in [0.05, 0.1) is 12.7 Å². The zero-order chi connectivity index (χ0) is 20.1. The van der Waals surface area contributed by atoms with Gasteiger partial charge in [-0.25, -0.2) is 0 Å². The highest BCUT2D eigenvalue weighted by Gasteiger charge is 2.22. The van der Waals surface area contributed by atoms with Gasteiger partial charge in [-0.3, -0.25) is 4.79 Å². The molecule has 5 nitrogen and oxygen atoms in total. The van der Waals surface area contributed by atoms with E-state index in [-0.39, 0.29) is 12.0 Å².